The molecule has 1 saturated heterocycles. The molecule has 1 aliphatic rings. The topological polar surface area (TPSA) is 66.0 Å². The second-order valence-corrected chi connectivity index (χ2v) is 8.77. The molecule has 8 heteroatoms. The summed E-state index contributed by atoms with van der Waals surface area (Å²) in [5.41, 5.74) is 0.854. The quantitative estimate of drug-likeness (QED) is 0.367. The molecule has 2 heterocycles. The average Bonchev–Trinajstić information content (AvgIpc) is 2.99. The highest BCUT2D eigenvalue weighted by molar-refractivity contribution is 14.0. The number of guanidine groups is 1. The van der Waals surface area contributed by atoms with Gasteiger partial charge in [0.2, 0.25) is 0 Å². The van der Waals surface area contributed by atoms with Gasteiger partial charge in [0.25, 0.3) is 0 Å². The van der Waals surface area contributed by atoms with Crippen LogP contribution in [0.3, 0.4) is 0 Å². The van der Waals surface area contributed by atoms with Crippen LogP contribution in [0, 0.1) is 12.8 Å². The van der Waals surface area contributed by atoms with Crippen molar-refractivity contribution in [1.82, 2.24) is 15.5 Å². The Morgan fingerprint density at radius 3 is 2.74 bits per heavy atom. The van der Waals surface area contributed by atoms with Gasteiger partial charge in [-0.25, -0.2) is 4.79 Å². The van der Waals surface area contributed by atoms with E-state index in [-0.39, 0.29) is 30.1 Å². The van der Waals surface area contributed by atoms with Crippen LogP contribution < -0.4 is 10.6 Å². The second-order valence-electron chi connectivity index (χ2n) is 7.77. The molecule has 1 fully saturated rings. The second kappa shape index (κ2) is 11.1. The molecule has 1 aliphatic heterocycles. The number of halogens is 1. The van der Waals surface area contributed by atoms with Crippen LogP contribution in [0.25, 0.3) is 0 Å². The number of piperidine rings is 1. The van der Waals surface area contributed by atoms with E-state index in [1.54, 1.807) is 18.4 Å². The van der Waals surface area contributed by atoms with Crippen LogP contribution in [0.5, 0.6) is 0 Å². The molecule has 0 spiro atoms. The van der Waals surface area contributed by atoms with Crippen molar-refractivity contribution in [3.63, 3.8) is 0 Å². The van der Waals surface area contributed by atoms with Gasteiger partial charge in [0.05, 0.1) is 6.54 Å². The molecular weight excluding hydrogens is 475 g/mol. The predicted molar refractivity (Wildman–Crippen MR) is 123 cm³/mol. The lowest BCUT2D eigenvalue weighted by molar-refractivity contribution is 0.0168. The van der Waals surface area contributed by atoms with Crippen LogP contribution in [-0.4, -0.2) is 49.2 Å². The summed E-state index contributed by atoms with van der Waals surface area (Å²) in [6.45, 7) is 10.9. The summed E-state index contributed by atoms with van der Waals surface area (Å²) in [4.78, 5) is 19.7. The van der Waals surface area contributed by atoms with Crippen LogP contribution in [0.2, 0.25) is 0 Å². The van der Waals surface area contributed by atoms with Gasteiger partial charge < -0.3 is 20.3 Å². The summed E-state index contributed by atoms with van der Waals surface area (Å²) in [5.74, 6) is 1.20. The Morgan fingerprint density at radius 2 is 2.15 bits per heavy atom. The van der Waals surface area contributed by atoms with E-state index in [4.69, 9.17) is 4.74 Å². The molecule has 27 heavy (non-hydrogen) atoms. The molecule has 0 aliphatic carbocycles. The van der Waals surface area contributed by atoms with E-state index in [1.807, 2.05) is 25.7 Å². The number of rotatable bonds is 4. The molecule has 2 rings (SSSR count). The van der Waals surface area contributed by atoms with E-state index in [0.717, 1.165) is 45.0 Å². The molecule has 1 aromatic rings. The summed E-state index contributed by atoms with van der Waals surface area (Å²) in [7, 11) is 1.78. The number of amides is 1. The smallest absolute Gasteiger partial charge is 0.410 e. The number of aryl methyl sites for hydroxylation is 1. The zero-order chi connectivity index (χ0) is 19.2. The highest BCUT2D eigenvalue weighted by Crippen LogP contribution is 2.19. The number of likely N-dealkylation sites (tertiary alicyclic amines) is 1. The molecule has 0 saturated carbocycles. The zero-order valence-corrected chi connectivity index (χ0v) is 20.1. The number of hydrogen-bond donors (Lipinski definition) is 2. The molecule has 154 valence electrons. The van der Waals surface area contributed by atoms with Gasteiger partial charge in [-0.05, 0) is 63.5 Å². The van der Waals surface area contributed by atoms with Gasteiger partial charge in [-0.15, -0.1) is 35.3 Å². The van der Waals surface area contributed by atoms with Crippen molar-refractivity contribution in [2.24, 2.45) is 10.9 Å². The van der Waals surface area contributed by atoms with Crippen molar-refractivity contribution in [2.45, 2.75) is 52.7 Å². The van der Waals surface area contributed by atoms with Gasteiger partial charge in [-0.1, -0.05) is 0 Å². The van der Waals surface area contributed by atoms with Gasteiger partial charge in [0.15, 0.2) is 5.96 Å². The molecular formula is C19H33IN4O2S. The SMILES string of the molecule is CN=C(NCc1sccc1C)NCC1CCCN(C(=O)OC(C)(C)C)C1.I. The normalized spacial score (nSPS) is 17.9. The fourth-order valence-electron chi connectivity index (χ4n) is 2.93. The summed E-state index contributed by atoms with van der Waals surface area (Å²) < 4.78 is 5.50. The van der Waals surface area contributed by atoms with Crippen molar-refractivity contribution in [3.05, 3.63) is 21.9 Å². The van der Waals surface area contributed by atoms with E-state index in [2.05, 4.69) is 34.0 Å². The van der Waals surface area contributed by atoms with Crippen LogP contribution in [0.4, 0.5) is 4.79 Å². The van der Waals surface area contributed by atoms with Crippen LogP contribution >= 0.6 is 35.3 Å². The Labute approximate surface area is 184 Å². The third-order valence-electron chi connectivity index (χ3n) is 4.34. The largest absolute Gasteiger partial charge is 0.444 e. The summed E-state index contributed by atoms with van der Waals surface area (Å²) in [6.07, 6.45) is 1.90. The zero-order valence-electron chi connectivity index (χ0n) is 17.0. The molecule has 0 bridgehead atoms. The van der Waals surface area contributed by atoms with Crippen LogP contribution in [0.15, 0.2) is 16.4 Å². The maximum Gasteiger partial charge on any atom is 0.410 e. The van der Waals surface area contributed by atoms with Crippen molar-refractivity contribution >= 4 is 47.4 Å². The first-order valence-electron chi connectivity index (χ1n) is 9.24. The highest BCUT2D eigenvalue weighted by atomic mass is 127. The number of nitrogens with zero attached hydrogens (tertiary/aromatic N) is 2. The lowest BCUT2D eigenvalue weighted by atomic mass is 9.98. The number of carbonyl (C=O) groups excluding carboxylic acids is 1. The minimum absolute atomic E-state index is 0. The van der Waals surface area contributed by atoms with Crippen LogP contribution in [-0.2, 0) is 11.3 Å². The fraction of sp³-hybridized carbons (Fsp3) is 0.684. The minimum atomic E-state index is -0.450. The summed E-state index contributed by atoms with van der Waals surface area (Å²) in [5, 5.41) is 8.86. The number of nitrogens with one attached hydrogen (secondary N) is 2. The Balaban J connectivity index is 0.00000364. The maximum atomic E-state index is 12.3. The lowest BCUT2D eigenvalue weighted by Crippen LogP contribution is -2.47. The molecule has 0 aromatic carbocycles. The van der Waals surface area contributed by atoms with Crippen molar-refractivity contribution in [2.75, 3.05) is 26.7 Å². The first kappa shape index (κ1) is 24.0. The standard InChI is InChI=1S/C19H32N4O2S.HI/c1-14-8-10-26-16(14)12-22-17(20-5)21-11-15-7-6-9-23(13-15)18(24)25-19(2,3)4;/h8,10,15H,6-7,9,11-13H2,1-5H3,(H2,20,21,22);1H. The molecule has 2 N–H and O–H groups in total. The van der Waals surface area contributed by atoms with E-state index >= 15 is 0 Å². The van der Waals surface area contributed by atoms with Gasteiger partial charge in [0, 0.05) is 31.6 Å². The summed E-state index contributed by atoms with van der Waals surface area (Å²) >= 11 is 1.75. The lowest BCUT2D eigenvalue weighted by Gasteiger charge is -2.34. The third kappa shape index (κ3) is 8.25. The Hall–Kier alpha value is -1.03. The highest BCUT2D eigenvalue weighted by Gasteiger charge is 2.27. The Morgan fingerprint density at radius 1 is 1.41 bits per heavy atom. The number of aliphatic imine (C=N–C) groups is 1. The third-order valence-corrected chi connectivity index (χ3v) is 5.36. The predicted octanol–water partition coefficient (Wildman–Crippen LogP) is 3.99. The number of hydrogen-bond acceptors (Lipinski definition) is 4. The first-order valence-corrected chi connectivity index (χ1v) is 10.1. The van der Waals surface area contributed by atoms with E-state index in [9.17, 15) is 4.79 Å². The molecule has 6 nitrogen and oxygen atoms in total. The molecule has 1 unspecified atom stereocenters. The van der Waals surface area contributed by atoms with Gasteiger partial charge in [-0.2, -0.15) is 0 Å². The molecule has 1 amide bonds. The minimum Gasteiger partial charge on any atom is -0.444 e. The van der Waals surface area contributed by atoms with E-state index in [0.29, 0.717) is 5.92 Å². The molecule has 1 atom stereocenters. The Bertz CT molecular complexity index is 627. The van der Waals surface area contributed by atoms with Crippen molar-refractivity contribution in [1.29, 1.82) is 0 Å². The molecule has 0 radical (unpaired) electrons. The van der Waals surface area contributed by atoms with Gasteiger partial charge >= 0.3 is 6.09 Å². The van der Waals surface area contributed by atoms with Gasteiger partial charge in [-0.3, -0.25) is 4.99 Å². The van der Waals surface area contributed by atoms with E-state index in [1.165, 1.54) is 10.4 Å². The monoisotopic (exact) mass is 508 g/mol. The average molecular weight is 508 g/mol. The molecule has 1 aromatic heterocycles. The Kier molecular flexibility index (Phi) is 9.86. The van der Waals surface area contributed by atoms with E-state index < -0.39 is 5.60 Å². The van der Waals surface area contributed by atoms with Gasteiger partial charge in [0.1, 0.15) is 5.60 Å². The fourth-order valence-corrected chi connectivity index (χ4v) is 3.78. The maximum absolute atomic E-state index is 12.3. The number of thiophene rings is 1. The van der Waals surface area contributed by atoms with Crippen molar-refractivity contribution in [3.8, 4) is 0 Å². The van der Waals surface area contributed by atoms with Crippen molar-refractivity contribution < 1.29 is 9.53 Å². The summed E-state index contributed by atoms with van der Waals surface area (Å²) in [6, 6.07) is 2.13. The number of ether oxygens (including phenoxy) is 1. The van der Waals surface area contributed by atoms with Crippen LogP contribution in [0.1, 0.15) is 44.1 Å². The first-order chi connectivity index (χ1) is 12.3. The number of carbonyl (C=O) groups is 1.